The van der Waals surface area contributed by atoms with Crippen LogP contribution in [-0.4, -0.2) is 44.9 Å². The molecule has 0 bridgehead atoms. The fourth-order valence-electron chi connectivity index (χ4n) is 3.33. The van der Waals surface area contributed by atoms with Gasteiger partial charge in [0.05, 0.1) is 26.0 Å². The summed E-state index contributed by atoms with van der Waals surface area (Å²) < 4.78 is 16.9. The van der Waals surface area contributed by atoms with E-state index < -0.39 is 6.10 Å². The fourth-order valence-corrected chi connectivity index (χ4v) is 3.33. The van der Waals surface area contributed by atoms with E-state index in [1.54, 1.807) is 13.2 Å². The largest absolute Gasteiger partial charge is 1.00 e. The third kappa shape index (κ3) is 5.99. The minimum atomic E-state index is -0.561. The molecule has 28 heavy (non-hydrogen) atoms. The number of amides is 1. The van der Waals surface area contributed by atoms with E-state index in [1.807, 2.05) is 36.4 Å². The van der Waals surface area contributed by atoms with E-state index >= 15 is 0 Å². The third-order valence-corrected chi connectivity index (χ3v) is 5.01. The Morgan fingerprint density at radius 3 is 2.54 bits per heavy atom. The second-order valence-electron chi connectivity index (χ2n) is 6.84. The van der Waals surface area contributed by atoms with Crippen LogP contribution in [-0.2, 0) is 16.0 Å². The summed E-state index contributed by atoms with van der Waals surface area (Å²) in [4.78, 5) is 13.9. The lowest BCUT2D eigenvalue weighted by Gasteiger charge is -2.30. The minimum Gasteiger partial charge on any atom is -1.00 e. The molecule has 6 nitrogen and oxygen atoms in total. The SMILES string of the molecule is CCc1ccc(OC(C)C(=O)NCC(c2ccco2)[NH+]2CCOCC2)cc1.[Cl-]. The Morgan fingerprint density at radius 1 is 1.21 bits per heavy atom. The number of hydrogen-bond donors (Lipinski definition) is 2. The molecule has 1 aliphatic rings. The van der Waals surface area contributed by atoms with Gasteiger partial charge in [-0.1, -0.05) is 19.1 Å². The molecule has 0 spiro atoms. The second kappa shape index (κ2) is 11.1. The van der Waals surface area contributed by atoms with Crippen molar-refractivity contribution in [3.63, 3.8) is 0 Å². The normalized spacial score (nSPS) is 16.6. The number of benzene rings is 1. The number of nitrogens with one attached hydrogen (secondary N) is 2. The van der Waals surface area contributed by atoms with Gasteiger partial charge in [0.1, 0.15) is 18.8 Å². The van der Waals surface area contributed by atoms with Crippen LogP contribution in [0.4, 0.5) is 0 Å². The van der Waals surface area contributed by atoms with E-state index in [2.05, 4.69) is 12.2 Å². The first kappa shape index (κ1) is 22.3. The number of halogens is 1. The maximum absolute atomic E-state index is 12.5. The molecule has 0 radical (unpaired) electrons. The van der Waals surface area contributed by atoms with E-state index in [9.17, 15) is 4.79 Å². The molecule has 1 amide bonds. The maximum atomic E-state index is 12.5. The summed E-state index contributed by atoms with van der Waals surface area (Å²) in [5.41, 5.74) is 1.24. The topological polar surface area (TPSA) is 65.1 Å². The summed E-state index contributed by atoms with van der Waals surface area (Å²) in [6.07, 6.45) is 2.10. The first-order chi connectivity index (χ1) is 13.2. The van der Waals surface area contributed by atoms with Crippen LogP contribution in [0.5, 0.6) is 5.75 Å². The van der Waals surface area contributed by atoms with Crippen LogP contribution < -0.4 is 27.4 Å². The van der Waals surface area contributed by atoms with Gasteiger partial charge in [0, 0.05) is 0 Å². The van der Waals surface area contributed by atoms with Crippen LogP contribution in [0.25, 0.3) is 0 Å². The van der Waals surface area contributed by atoms with E-state index in [-0.39, 0.29) is 24.4 Å². The highest BCUT2D eigenvalue weighted by molar-refractivity contribution is 5.80. The number of morpholine rings is 1. The molecular weight excluding hydrogens is 380 g/mol. The lowest BCUT2D eigenvalue weighted by atomic mass is 10.1. The van der Waals surface area contributed by atoms with Gasteiger partial charge in [-0.3, -0.25) is 4.79 Å². The summed E-state index contributed by atoms with van der Waals surface area (Å²) in [6, 6.07) is 11.8. The van der Waals surface area contributed by atoms with Crippen molar-refractivity contribution in [1.82, 2.24) is 5.32 Å². The Labute approximate surface area is 172 Å². The number of ether oxygens (including phenoxy) is 2. The zero-order chi connectivity index (χ0) is 19.1. The van der Waals surface area contributed by atoms with Crippen LogP contribution in [0, 0.1) is 0 Å². The zero-order valence-corrected chi connectivity index (χ0v) is 17.2. The number of hydrogen-bond acceptors (Lipinski definition) is 4. The molecule has 0 saturated carbocycles. The lowest BCUT2D eigenvalue weighted by molar-refractivity contribution is -0.938. The standard InChI is InChI=1S/C21H28N2O4.ClH/c1-3-17-6-8-18(9-7-17)27-16(2)21(24)22-15-19(20-5-4-12-26-20)23-10-13-25-14-11-23;/h4-9,12,16,19H,3,10-11,13-15H2,1-2H3,(H,22,24);1H. The van der Waals surface area contributed by atoms with Crippen molar-refractivity contribution in [2.24, 2.45) is 0 Å². The molecule has 2 unspecified atom stereocenters. The van der Waals surface area contributed by atoms with Crippen molar-refractivity contribution < 1.29 is 36.0 Å². The highest BCUT2D eigenvalue weighted by Gasteiger charge is 2.29. The predicted octanol–water partition coefficient (Wildman–Crippen LogP) is -1.61. The summed E-state index contributed by atoms with van der Waals surface area (Å²) in [5, 5.41) is 3.03. The Morgan fingerprint density at radius 2 is 1.93 bits per heavy atom. The molecule has 2 atom stereocenters. The average Bonchev–Trinajstić information content (AvgIpc) is 3.24. The molecular formula is C21H29ClN2O4. The summed E-state index contributed by atoms with van der Waals surface area (Å²) in [7, 11) is 0. The number of furan rings is 1. The highest BCUT2D eigenvalue weighted by atomic mass is 35.5. The van der Waals surface area contributed by atoms with Gasteiger partial charge in [0.15, 0.2) is 17.9 Å². The third-order valence-electron chi connectivity index (χ3n) is 5.01. The highest BCUT2D eigenvalue weighted by Crippen LogP contribution is 2.15. The first-order valence-corrected chi connectivity index (χ1v) is 9.66. The molecule has 2 heterocycles. The molecule has 1 aromatic carbocycles. The molecule has 0 aliphatic carbocycles. The number of quaternary nitrogens is 1. The smallest absolute Gasteiger partial charge is 0.261 e. The van der Waals surface area contributed by atoms with Crippen LogP contribution in [0.15, 0.2) is 47.1 Å². The molecule has 3 rings (SSSR count). The predicted molar refractivity (Wildman–Crippen MR) is 102 cm³/mol. The summed E-state index contributed by atoms with van der Waals surface area (Å²) in [6.45, 7) is 7.64. The zero-order valence-electron chi connectivity index (χ0n) is 16.4. The van der Waals surface area contributed by atoms with E-state index in [0.717, 1.165) is 38.5 Å². The summed E-state index contributed by atoms with van der Waals surface area (Å²) >= 11 is 0. The van der Waals surface area contributed by atoms with Crippen LogP contribution in [0.1, 0.15) is 31.2 Å². The number of carbonyl (C=O) groups is 1. The Hall–Kier alpha value is -2.02. The Kier molecular flexibility index (Phi) is 8.83. The lowest BCUT2D eigenvalue weighted by Crippen LogP contribution is -3.15. The number of rotatable bonds is 8. The molecule has 1 saturated heterocycles. The van der Waals surface area contributed by atoms with Crippen molar-refractivity contribution in [3.05, 3.63) is 54.0 Å². The Balaban J connectivity index is 0.00000280. The quantitative estimate of drug-likeness (QED) is 0.551. The molecule has 1 aliphatic heterocycles. The number of aryl methyl sites for hydroxylation is 1. The molecule has 7 heteroatoms. The van der Waals surface area contributed by atoms with Crippen molar-refractivity contribution in [2.45, 2.75) is 32.4 Å². The summed E-state index contributed by atoms with van der Waals surface area (Å²) in [5.74, 6) is 1.46. The van der Waals surface area contributed by atoms with Crippen LogP contribution in [0.2, 0.25) is 0 Å². The van der Waals surface area contributed by atoms with Gasteiger partial charge in [0.2, 0.25) is 0 Å². The van der Waals surface area contributed by atoms with Gasteiger partial charge >= 0.3 is 0 Å². The molecule has 154 valence electrons. The number of carbonyl (C=O) groups excluding carboxylic acids is 1. The molecule has 1 aromatic heterocycles. The van der Waals surface area contributed by atoms with Crippen molar-refractivity contribution in [3.8, 4) is 5.75 Å². The van der Waals surface area contributed by atoms with E-state index in [4.69, 9.17) is 13.9 Å². The van der Waals surface area contributed by atoms with Gasteiger partial charge in [-0.25, -0.2) is 0 Å². The average molecular weight is 409 g/mol. The van der Waals surface area contributed by atoms with E-state index in [0.29, 0.717) is 12.3 Å². The van der Waals surface area contributed by atoms with Crippen LogP contribution >= 0.6 is 0 Å². The maximum Gasteiger partial charge on any atom is 0.261 e. The van der Waals surface area contributed by atoms with Crippen molar-refractivity contribution in [1.29, 1.82) is 0 Å². The second-order valence-corrected chi connectivity index (χ2v) is 6.84. The molecule has 1 fully saturated rings. The molecule has 2 aromatic rings. The Bertz CT molecular complexity index is 700. The first-order valence-electron chi connectivity index (χ1n) is 9.66. The van der Waals surface area contributed by atoms with Gasteiger partial charge in [-0.15, -0.1) is 0 Å². The van der Waals surface area contributed by atoms with Gasteiger partial charge in [0.25, 0.3) is 5.91 Å². The van der Waals surface area contributed by atoms with Gasteiger partial charge < -0.3 is 36.5 Å². The van der Waals surface area contributed by atoms with Crippen LogP contribution in [0.3, 0.4) is 0 Å². The minimum absolute atomic E-state index is 0. The molecule has 2 N–H and O–H groups in total. The van der Waals surface area contributed by atoms with Crippen molar-refractivity contribution in [2.75, 3.05) is 32.8 Å². The van der Waals surface area contributed by atoms with Gasteiger partial charge in [-0.2, -0.15) is 0 Å². The monoisotopic (exact) mass is 408 g/mol. The van der Waals surface area contributed by atoms with Crippen molar-refractivity contribution >= 4 is 5.91 Å². The van der Waals surface area contributed by atoms with E-state index in [1.165, 1.54) is 10.5 Å². The van der Waals surface area contributed by atoms with Gasteiger partial charge in [-0.05, 0) is 43.2 Å². The fraction of sp³-hybridized carbons (Fsp3) is 0.476.